The number of amides is 1. The quantitative estimate of drug-likeness (QED) is 0.934. The maximum absolute atomic E-state index is 12.6. The van der Waals surface area contributed by atoms with Crippen molar-refractivity contribution >= 4 is 5.91 Å². The van der Waals surface area contributed by atoms with E-state index in [1.807, 2.05) is 63.2 Å². The van der Waals surface area contributed by atoms with Crippen LogP contribution in [0.2, 0.25) is 0 Å². The van der Waals surface area contributed by atoms with Crippen molar-refractivity contribution in [1.82, 2.24) is 5.32 Å². The Morgan fingerprint density at radius 2 is 1.68 bits per heavy atom. The molecule has 0 heterocycles. The Morgan fingerprint density at radius 3 is 2.23 bits per heavy atom. The van der Waals surface area contributed by atoms with Crippen LogP contribution in [0.25, 0.3) is 0 Å². The topological polar surface area (TPSA) is 52.9 Å². The van der Waals surface area contributed by atoms with Gasteiger partial charge >= 0.3 is 0 Å². The van der Waals surface area contributed by atoms with Gasteiger partial charge in [-0.25, -0.2) is 0 Å². The molecule has 0 aliphatic rings. The number of hydrogen-bond acceptors (Lipinski definition) is 2. The highest BCUT2D eigenvalue weighted by Gasteiger charge is 2.30. The molecule has 0 bridgehead atoms. The summed E-state index contributed by atoms with van der Waals surface area (Å²) in [7, 11) is 0. The maximum atomic E-state index is 12.6. The van der Waals surface area contributed by atoms with Crippen LogP contribution < -0.4 is 5.32 Å². The summed E-state index contributed by atoms with van der Waals surface area (Å²) in [5.41, 5.74) is 1.99. The average molecular weight is 292 g/mol. The molecule has 1 amide bonds. The predicted octanol–water partition coefficient (Wildman–Crippen LogP) is 3.71. The molecule has 0 saturated heterocycles. The van der Waals surface area contributed by atoms with Crippen molar-refractivity contribution in [2.45, 2.75) is 32.2 Å². The van der Waals surface area contributed by atoms with Gasteiger partial charge in [0.05, 0.1) is 23.1 Å². The lowest BCUT2D eigenvalue weighted by molar-refractivity contribution is -0.126. The Balaban J connectivity index is 2.12. The fourth-order valence-electron chi connectivity index (χ4n) is 2.29. The van der Waals surface area contributed by atoms with Crippen LogP contribution in [-0.2, 0) is 10.2 Å². The second-order valence-electron chi connectivity index (χ2n) is 5.92. The van der Waals surface area contributed by atoms with Crippen LogP contribution in [0.1, 0.15) is 43.5 Å². The molecule has 2 aromatic rings. The monoisotopic (exact) mass is 292 g/mol. The van der Waals surface area contributed by atoms with Gasteiger partial charge in [-0.2, -0.15) is 5.26 Å². The van der Waals surface area contributed by atoms with Gasteiger partial charge in [0.25, 0.3) is 0 Å². The molecule has 22 heavy (non-hydrogen) atoms. The number of carbonyl (C=O) groups is 1. The molecule has 0 radical (unpaired) electrons. The second kappa shape index (κ2) is 6.44. The third-order valence-electron chi connectivity index (χ3n) is 3.95. The van der Waals surface area contributed by atoms with Gasteiger partial charge in [0.15, 0.2) is 0 Å². The average Bonchev–Trinajstić information content (AvgIpc) is 2.55. The Kier molecular flexibility index (Phi) is 4.62. The van der Waals surface area contributed by atoms with Gasteiger partial charge < -0.3 is 5.32 Å². The van der Waals surface area contributed by atoms with Crippen LogP contribution in [0.3, 0.4) is 0 Å². The summed E-state index contributed by atoms with van der Waals surface area (Å²) >= 11 is 0. The van der Waals surface area contributed by atoms with E-state index in [0.717, 1.165) is 11.1 Å². The van der Waals surface area contributed by atoms with Crippen molar-refractivity contribution in [2.75, 3.05) is 0 Å². The molecule has 0 fully saturated rings. The van der Waals surface area contributed by atoms with E-state index >= 15 is 0 Å². The Morgan fingerprint density at radius 1 is 1.09 bits per heavy atom. The molecule has 0 spiro atoms. The zero-order valence-corrected chi connectivity index (χ0v) is 13.1. The maximum Gasteiger partial charge on any atom is 0.230 e. The van der Waals surface area contributed by atoms with Crippen LogP contribution >= 0.6 is 0 Å². The third kappa shape index (κ3) is 3.35. The molecule has 2 aromatic carbocycles. The summed E-state index contributed by atoms with van der Waals surface area (Å²) in [6, 6.07) is 19.0. The van der Waals surface area contributed by atoms with Crippen molar-refractivity contribution in [3.8, 4) is 6.07 Å². The Hall–Kier alpha value is -2.60. The number of rotatable bonds is 4. The zero-order valence-electron chi connectivity index (χ0n) is 13.1. The van der Waals surface area contributed by atoms with Gasteiger partial charge in [-0.15, -0.1) is 0 Å². The number of nitrogens with one attached hydrogen (secondary N) is 1. The van der Waals surface area contributed by atoms with Crippen molar-refractivity contribution in [3.63, 3.8) is 0 Å². The molecular weight excluding hydrogens is 272 g/mol. The number of nitrogens with zero attached hydrogens (tertiary/aromatic N) is 1. The molecule has 3 nitrogen and oxygen atoms in total. The van der Waals surface area contributed by atoms with Crippen LogP contribution in [-0.4, -0.2) is 5.91 Å². The largest absolute Gasteiger partial charge is 0.349 e. The smallest absolute Gasteiger partial charge is 0.230 e. The molecule has 1 N–H and O–H groups in total. The lowest BCUT2D eigenvalue weighted by Crippen LogP contribution is -2.41. The summed E-state index contributed by atoms with van der Waals surface area (Å²) in [5, 5.41) is 11.9. The highest BCUT2D eigenvalue weighted by atomic mass is 16.2. The van der Waals surface area contributed by atoms with Crippen molar-refractivity contribution in [1.29, 1.82) is 5.26 Å². The molecule has 0 aliphatic heterocycles. The van der Waals surface area contributed by atoms with Gasteiger partial charge in [0, 0.05) is 0 Å². The van der Waals surface area contributed by atoms with E-state index in [1.54, 1.807) is 12.1 Å². The van der Waals surface area contributed by atoms with Gasteiger partial charge in [-0.05, 0) is 44.0 Å². The lowest BCUT2D eigenvalue weighted by atomic mass is 9.83. The van der Waals surface area contributed by atoms with Crippen LogP contribution in [0, 0.1) is 11.3 Å². The van der Waals surface area contributed by atoms with E-state index < -0.39 is 5.41 Å². The van der Waals surface area contributed by atoms with Crippen molar-refractivity contribution in [2.24, 2.45) is 0 Å². The summed E-state index contributed by atoms with van der Waals surface area (Å²) < 4.78 is 0. The number of benzene rings is 2. The Bertz CT molecular complexity index is 682. The van der Waals surface area contributed by atoms with E-state index in [-0.39, 0.29) is 11.9 Å². The first-order chi connectivity index (χ1) is 10.4. The number of hydrogen-bond donors (Lipinski definition) is 1. The van der Waals surface area contributed by atoms with E-state index in [4.69, 9.17) is 5.26 Å². The first-order valence-electron chi connectivity index (χ1n) is 7.31. The number of carbonyl (C=O) groups excluding carboxylic acids is 1. The van der Waals surface area contributed by atoms with Crippen molar-refractivity contribution < 1.29 is 4.79 Å². The predicted molar refractivity (Wildman–Crippen MR) is 87.2 cm³/mol. The zero-order chi connectivity index (χ0) is 16.2. The fraction of sp³-hybridized carbons (Fsp3) is 0.263. The van der Waals surface area contributed by atoms with Crippen molar-refractivity contribution in [3.05, 3.63) is 71.3 Å². The SMILES string of the molecule is CC(NC(=O)C(C)(C)c1ccccc1)c1ccc(C#N)cc1. The lowest BCUT2D eigenvalue weighted by Gasteiger charge is -2.26. The minimum absolute atomic E-state index is 0.0180. The number of nitriles is 1. The summed E-state index contributed by atoms with van der Waals surface area (Å²) in [4.78, 5) is 12.6. The molecule has 0 saturated carbocycles. The van der Waals surface area contributed by atoms with Crippen LogP contribution in [0.15, 0.2) is 54.6 Å². The first-order valence-corrected chi connectivity index (χ1v) is 7.31. The van der Waals surface area contributed by atoms with E-state index in [2.05, 4.69) is 11.4 Å². The minimum atomic E-state index is -0.595. The molecular formula is C19H20N2O. The molecule has 1 unspecified atom stereocenters. The van der Waals surface area contributed by atoms with E-state index in [9.17, 15) is 4.79 Å². The van der Waals surface area contributed by atoms with Gasteiger partial charge in [-0.1, -0.05) is 42.5 Å². The molecule has 3 heteroatoms. The van der Waals surface area contributed by atoms with Gasteiger partial charge in [0.1, 0.15) is 0 Å². The second-order valence-corrected chi connectivity index (χ2v) is 5.92. The summed E-state index contributed by atoms with van der Waals surface area (Å²) in [6.07, 6.45) is 0. The molecule has 0 aliphatic carbocycles. The van der Waals surface area contributed by atoms with Gasteiger partial charge in [0.2, 0.25) is 5.91 Å². The highest BCUT2D eigenvalue weighted by molar-refractivity contribution is 5.87. The molecule has 1 atom stereocenters. The van der Waals surface area contributed by atoms with Gasteiger partial charge in [-0.3, -0.25) is 4.79 Å². The molecule has 0 aromatic heterocycles. The van der Waals surface area contributed by atoms with E-state index in [0.29, 0.717) is 5.56 Å². The van der Waals surface area contributed by atoms with E-state index in [1.165, 1.54) is 0 Å². The fourth-order valence-corrected chi connectivity index (χ4v) is 2.29. The minimum Gasteiger partial charge on any atom is -0.349 e. The molecule has 112 valence electrons. The Labute approximate surface area is 131 Å². The normalized spacial score (nSPS) is 12.3. The van der Waals surface area contributed by atoms with Crippen LogP contribution in [0.5, 0.6) is 0 Å². The van der Waals surface area contributed by atoms with Crippen LogP contribution in [0.4, 0.5) is 0 Å². The highest BCUT2D eigenvalue weighted by Crippen LogP contribution is 2.24. The summed E-state index contributed by atoms with van der Waals surface area (Å²) in [5.74, 6) is -0.0180. The summed E-state index contributed by atoms with van der Waals surface area (Å²) in [6.45, 7) is 5.78. The standard InChI is InChI=1S/C19H20N2O/c1-14(16-11-9-15(13-20)10-12-16)21-18(22)19(2,3)17-7-5-4-6-8-17/h4-12,14H,1-3H3,(H,21,22). The third-order valence-corrected chi connectivity index (χ3v) is 3.95. The molecule has 2 rings (SSSR count). The first kappa shape index (κ1) is 15.8.